The molecule has 1 aromatic carbocycles. The number of hydrogen-bond donors (Lipinski definition) is 0. The summed E-state index contributed by atoms with van der Waals surface area (Å²) in [5, 5.41) is 0. The van der Waals surface area contributed by atoms with Crippen molar-refractivity contribution in [3.05, 3.63) is 66.1 Å². The Morgan fingerprint density at radius 3 is 2.44 bits per heavy atom. The maximum Gasteiger partial charge on any atom is 0.123 e. The van der Waals surface area contributed by atoms with E-state index in [0.717, 1.165) is 35.9 Å². The normalized spacial score (nSPS) is 20.9. The number of hydrogen-bond acceptors (Lipinski definition) is 1. The highest BCUT2D eigenvalue weighted by Gasteiger charge is 2.19. The van der Waals surface area contributed by atoms with Crippen LogP contribution in [-0.2, 0) is 6.42 Å². The molecule has 1 aromatic heterocycles. The Kier molecular flexibility index (Phi) is 6.38. The number of nitrogens with zero attached hydrogens (tertiary/aromatic N) is 1. The monoisotopic (exact) mass is 337 g/mol. The molecule has 0 bridgehead atoms. The molecule has 3 rings (SSSR count). The van der Waals surface area contributed by atoms with E-state index >= 15 is 0 Å². The Hall–Kier alpha value is -1.96. The van der Waals surface area contributed by atoms with Crippen LogP contribution in [0.2, 0.25) is 0 Å². The molecule has 0 spiro atoms. The predicted octanol–water partition coefficient (Wildman–Crippen LogP) is 6.59. The van der Waals surface area contributed by atoms with Crippen molar-refractivity contribution in [3.8, 4) is 11.3 Å². The standard InChI is InChI=1S/C23H28FN/c1-2-3-4-18-5-7-19(8-6-18)9-10-20-11-16-23(25-17-20)21-12-14-22(24)15-13-21/h3-4,11-19H,2,5-10H2,1H3/b4-3+/t18-,19-. The smallest absolute Gasteiger partial charge is 0.123 e. The summed E-state index contributed by atoms with van der Waals surface area (Å²) in [6, 6.07) is 10.7. The molecule has 1 nitrogen and oxygen atoms in total. The first-order valence-electron chi connectivity index (χ1n) is 9.62. The second kappa shape index (κ2) is 8.94. The molecule has 0 amide bonds. The number of aryl methyl sites for hydroxylation is 1. The molecule has 1 fully saturated rings. The van der Waals surface area contributed by atoms with Crippen LogP contribution >= 0.6 is 0 Å². The first-order chi connectivity index (χ1) is 12.2. The van der Waals surface area contributed by atoms with Crippen molar-refractivity contribution < 1.29 is 4.39 Å². The average molecular weight is 337 g/mol. The van der Waals surface area contributed by atoms with Gasteiger partial charge in [0.05, 0.1) is 5.69 Å². The van der Waals surface area contributed by atoms with Gasteiger partial charge in [0.2, 0.25) is 0 Å². The first kappa shape index (κ1) is 17.8. The van der Waals surface area contributed by atoms with Crippen LogP contribution in [0.3, 0.4) is 0 Å². The molecule has 0 N–H and O–H groups in total. The van der Waals surface area contributed by atoms with Crippen LogP contribution < -0.4 is 0 Å². The van der Waals surface area contributed by atoms with Gasteiger partial charge >= 0.3 is 0 Å². The maximum absolute atomic E-state index is 13.0. The number of aromatic nitrogens is 1. The second-order valence-electron chi connectivity index (χ2n) is 7.21. The molecule has 0 aliphatic heterocycles. The lowest BCUT2D eigenvalue weighted by Gasteiger charge is -2.26. The van der Waals surface area contributed by atoms with Crippen LogP contribution in [0.15, 0.2) is 54.7 Å². The van der Waals surface area contributed by atoms with Gasteiger partial charge in [-0.15, -0.1) is 0 Å². The zero-order valence-corrected chi connectivity index (χ0v) is 15.1. The summed E-state index contributed by atoms with van der Waals surface area (Å²) in [5.74, 6) is 1.47. The fourth-order valence-electron chi connectivity index (χ4n) is 3.73. The Balaban J connectivity index is 1.48. The number of allylic oxidation sites excluding steroid dienone is 2. The predicted molar refractivity (Wildman–Crippen MR) is 103 cm³/mol. The molecule has 2 aromatic rings. The van der Waals surface area contributed by atoms with Crippen molar-refractivity contribution in [1.82, 2.24) is 4.98 Å². The topological polar surface area (TPSA) is 12.9 Å². The Labute approximate surface area is 151 Å². The molecule has 25 heavy (non-hydrogen) atoms. The molecule has 1 aliphatic carbocycles. The van der Waals surface area contributed by atoms with Crippen molar-refractivity contribution >= 4 is 0 Å². The molecule has 1 aliphatic rings. The first-order valence-corrected chi connectivity index (χ1v) is 9.62. The van der Waals surface area contributed by atoms with Crippen molar-refractivity contribution in [2.75, 3.05) is 0 Å². The quantitative estimate of drug-likeness (QED) is 0.542. The van der Waals surface area contributed by atoms with E-state index < -0.39 is 0 Å². The fraction of sp³-hybridized carbons (Fsp3) is 0.435. The summed E-state index contributed by atoms with van der Waals surface area (Å²) in [5.41, 5.74) is 3.18. The lowest BCUT2D eigenvalue weighted by Crippen LogP contribution is -2.13. The zero-order chi connectivity index (χ0) is 17.5. The highest BCUT2D eigenvalue weighted by molar-refractivity contribution is 5.58. The van der Waals surface area contributed by atoms with E-state index in [9.17, 15) is 4.39 Å². The summed E-state index contributed by atoms with van der Waals surface area (Å²) in [6.07, 6.45) is 15.7. The Morgan fingerprint density at radius 2 is 1.80 bits per heavy atom. The molecule has 2 heteroatoms. The number of halogens is 1. The highest BCUT2D eigenvalue weighted by Crippen LogP contribution is 2.32. The summed E-state index contributed by atoms with van der Waals surface area (Å²) in [7, 11) is 0. The second-order valence-corrected chi connectivity index (χ2v) is 7.21. The van der Waals surface area contributed by atoms with Gasteiger partial charge < -0.3 is 0 Å². The molecule has 1 saturated carbocycles. The third kappa shape index (κ3) is 5.26. The van der Waals surface area contributed by atoms with E-state index in [0.29, 0.717) is 0 Å². The van der Waals surface area contributed by atoms with E-state index in [1.807, 2.05) is 6.20 Å². The van der Waals surface area contributed by atoms with E-state index in [1.54, 1.807) is 12.1 Å². The number of benzene rings is 1. The Bertz CT molecular complexity index is 664. The van der Waals surface area contributed by atoms with Crippen molar-refractivity contribution in [3.63, 3.8) is 0 Å². The maximum atomic E-state index is 13.0. The minimum Gasteiger partial charge on any atom is -0.256 e. The third-order valence-corrected chi connectivity index (χ3v) is 5.34. The molecule has 132 valence electrons. The molecule has 0 unspecified atom stereocenters. The van der Waals surface area contributed by atoms with Crippen LogP contribution in [-0.4, -0.2) is 4.98 Å². The number of pyridine rings is 1. The van der Waals surface area contributed by atoms with Gasteiger partial charge in [0.15, 0.2) is 0 Å². The van der Waals surface area contributed by atoms with Crippen molar-refractivity contribution in [2.45, 2.75) is 51.9 Å². The molecule has 0 saturated heterocycles. The summed E-state index contributed by atoms with van der Waals surface area (Å²) in [4.78, 5) is 4.56. The minimum atomic E-state index is -0.208. The van der Waals surface area contributed by atoms with Crippen molar-refractivity contribution in [1.29, 1.82) is 0 Å². The van der Waals surface area contributed by atoms with Gasteiger partial charge in [-0.05, 0) is 92.7 Å². The van der Waals surface area contributed by atoms with Gasteiger partial charge in [0, 0.05) is 11.8 Å². The SMILES string of the molecule is CC/C=C/[C@H]1CC[C@H](CCc2ccc(-c3ccc(F)cc3)nc2)CC1. The van der Waals surface area contributed by atoms with Gasteiger partial charge in [0.25, 0.3) is 0 Å². The number of rotatable bonds is 6. The summed E-state index contributed by atoms with van der Waals surface area (Å²) in [6.45, 7) is 2.21. The lowest BCUT2D eigenvalue weighted by atomic mass is 9.79. The summed E-state index contributed by atoms with van der Waals surface area (Å²) < 4.78 is 13.0. The van der Waals surface area contributed by atoms with Gasteiger partial charge in [0.1, 0.15) is 5.82 Å². The average Bonchev–Trinajstić information content (AvgIpc) is 2.67. The molecule has 0 atom stereocenters. The summed E-state index contributed by atoms with van der Waals surface area (Å²) >= 11 is 0. The van der Waals surface area contributed by atoms with Crippen LogP contribution in [0.1, 0.15) is 51.0 Å². The van der Waals surface area contributed by atoms with Gasteiger partial charge in [-0.2, -0.15) is 0 Å². The molecule has 1 heterocycles. The largest absolute Gasteiger partial charge is 0.256 e. The zero-order valence-electron chi connectivity index (χ0n) is 15.1. The molecular weight excluding hydrogens is 309 g/mol. The van der Waals surface area contributed by atoms with Crippen LogP contribution in [0.5, 0.6) is 0 Å². The van der Waals surface area contributed by atoms with E-state index in [1.165, 1.54) is 49.8 Å². The van der Waals surface area contributed by atoms with Gasteiger partial charge in [-0.3, -0.25) is 4.98 Å². The minimum absolute atomic E-state index is 0.208. The van der Waals surface area contributed by atoms with Crippen LogP contribution in [0, 0.1) is 17.7 Å². The lowest BCUT2D eigenvalue weighted by molar-refractivity contribution is 0.296. The highest BCUT2D eigenvalue weighted by atomic mass is 19.1. The Morgan fingerprint density at radius 1 is 1.04 bits per heavy atom. The van der Waals surface area contributed by atoms with E-state index in [-0.39, 0.29) is 5.82 Å². The van der Waals surface area contributed by atoms with Crippen LogP contribution in [0.4, 0.5) is 4.39 Å². The third-order valence-electron chi connectivity index (χ3n) is 5.34. The fourth-order valence-corrected chi connectivity index (χ4v) is 3.73. The van der Waals surface area contributed by atoms with Crippen LogP contribution in [0.25, 0.3) is 11.3 Å². The molecule has 0 radical (unpaired) electrons. The van der Waals surface area contributed by atoms with Gasteiger partial charge in [-0.25, -0.2) is 4.39 Å². The van der Waals surface area contributed by atoms with Crippen molar-refractivity contribution in [2.24, 2.45) is 11.8 Å². The van der Waals surface area contributed by atoms with E-state index in [4.69, 9.17) is 0 Å². The van der Waals surface area contributed by atoms with E-state index in [2.05, 4.69) is 36.2 Å². The van der Waals surface area contributed by atoms with Gasteiger partial charge in [-0.1, -0.05) is 25.1 Å². The molecular formula is C23H28FN.